The number of carbonyl (C=O) groups is 1. The molecule has 12 heteroatoms. The highest BCUT2D eigenvalue weighted by molar-refractivity contribution is 6.09. The van der Waals surface area contributed by atoms with Crippen molar-refractivity contribution in [2.75, 3.05) is 5.32 Å². The Bertz CT molecular complexity index is 1840. The zero-order valence-corrected chi connectivity index (χ0v) is 23.2. The van der Waals surface area contributed by atoms with E-state index >= 15 is 0 Å². The van der Waals surface area contributed by atoms with Crippen LogP contribution >= 0.6 is 0 Å². The van der Waals surface area contributed by atoms with Crippen molar-refractivity contribution in [3.05, 3.63) is 83.9 Å². The molecule has 2 saturated carbocycles. The van der Waals surface area contributed by atoms with E-state index in [-0.39, 0.29) is 28.3 Å². The largest absolute Gasteiger partial charge is 0.457 e. The van der Waals surface area contributed by atoms with Crippen molar-refractivity contribution in [3.8, 4) is 28.5 Å². The third-order valence-electron chi connectivity index (χ3n) is 7.95. The lowest BCUT2D eigenvalue weighted by atomic mass is 9.74. The van der Waals surface area contributed by atoms with Crippen LogP contribution in [0.15, 0.2) is 67.3 Å². The second-order valence-electron chi connectivity index (χ2n) is 11.1. The van der Waals surface area contributed by atoms with Gasteiger partial charge in [0.25, 0.3) is 5.91 Å². The zero-order chi connectivity index (χ0) is 29.7. The van der Waals surface area contributed by atoms with E-state index in [0.29, 0.717) is 35.9 Å². The highest BCUT2D eigenvalue weighted by Crippen LogP contribution is 2.47. The molecule has 43 heavy (non-hydrogen) atoms. The molecule has 2 aliphatic carbocycles. The van der Waals surface area contributed by atoms with Crippen LogP contribution in [0.25, 0.3) is 16.9 Å². The molecule has 0 bridgehead atoms. The molecule has 0 radical (unpaired) electrons. The van der Waals surface area contributed by atoms with E-state index in [4.69, 9.17) is 9.47 Å². The van der Waals surface area contributed by atoms with Gasteiger partial charge in [-0.15, -0.1) is 0 Å². The fourth-order valence-corrected chi connectivity index (χ4v) is 5.45. The third kappa shape index (κ3) is 5.29. The molecule has 3 heterocycles. The predicted octanol–water partition coefficient (Wildman–Crippen LogP) is 6.02. The van der Waals surface area contributed by atoms with Crippen molar-refractivity contribution in [3.63, 3.8) is 0 Å². The van der Waals surface area contributed by atoms with E-state index in [0.717, 1.165) is 30.4 Å². The van der Waals surface area contributed by atoms with E-state index in [1.54, 1.807) is 37.8 Å². The van der Waals surface area contributed by atoms with Gasteiger partial charge >= 0.3 is 6.61 Å². The second-order valence-corrected chi connectivity index (χ2v) is 11.1. The number of rotatable bonds is 9. The van der Waals surface area contributed by atoms with E-state index in [9.17, 15) is 18.7 Å². The van der Waals surface area contributed by atoms with Gasteiger partial charge in [-0.25, -0.2) is 9.50 Å². The quantitative estimate of drug-likeness (QED) is 0.217. The summed E-state index contributed by atoms with van der Waals surface area (Å²) in [6.07, 6.45) is 10.7. The van der Waals surface area contributed by atoms with Crippen molar-refractivity contribution in [2.24, 2.45) is 7.05 Å². The molecule has 10 nitrogen and oxygen atoms in total. The Kier molecular flexibility index (Phi) is 6.57. The molecule has 1 amide bonds. The van der Waals surface area contributed by atoms with Crippen molar-refractivity contribution in [1.29, 1.82) is 0 Å². The van der Waals surface area contributed by atoms with Gasteiger partial charge in [0.1, 0.15) is 28.5 Å². The van der Waals surface area contributed by atoms with E-state index in [1.807, 2.05) is 12.1 Å². The maximum absolute atomic E-state index is 13.4. The topological polar surface area (TPSA) is 116 Å². The molecule has 2 fully saturated rings. The predicted molar refractivity (Wildman–Crippen MR) is 152 cm³/mol. The number of aromatic nitrogens is 5. The number of amides is 1. The lowest BCUT2D eigenvalue weighted by Crippen LogP contribution is -2.33. The molecule has 5 aromatic rings. The number of benzene rings is 2. The Labute approximate surface area is 244 Å². The van der Waals surface area contributed by atoms with Crippen LogP contribution in [0.2, 0.25) is 0 Å². The van der Waals surface area contributed by atoms with Crippen LogP contribution in [0, 0.1) is 0 Å². The van der Waals surface area contributed by atoms with Gasteiger partial charge in [-0.05, 0) is 85.5 Å². The highest BCUT2D eigenvalue weighted by Gasteiger charge is 2.38. The van der Waals surface area contributed by atoms with Crippen LogP contribution < -0.4 is 14.8 Å². The molecule has 2 aliphatic rings. The smallest absolute Gasteiger partial charge is 0.387 e. The first-order valence-electron chi connectivity index (χ1n) is 14.0. The lowest BCUT2D eigenvalue weighted by Gasteiger charge is -2.37. The summed E-state index contributed by atoms with van der Waals surface area (Å²) in [4.78, 5) is 17.5. The molecule has 0 unspecified atom stereocenters. The molecule has 0 atom stereocenters. The van der Waals surface area contributed by atoms with E-state index in [2.05, 4.69) is 26.6 Å². The SMILES string of the molecule is Cn1cc(NC(=O)c2cnn3cccnc23)c(-c2cc(Oc3cc(C4CC4)cc(C4(O)CCC4)c3)ccc2OC(F)F)n1. The number of nitrogens with one attached hydrogen (secondary N) is 1. The number of alkyl halides is 2. The molecule has 220 valence electrons. The maximum Gasteiger partial charge on any atom is 0.387 e. The Balaban J connectivity index is 1.24. The number of hydrogen-bond acceptors (Lipinski definition) is 7. The average molecular weight is 587 g/mol. The van der Waals surface area contributed by atoms with Crippen molar-refractivity contribution in [1.82, 2.24) is 24.4 Å². The van der Waals surface area contributed by atoms with Gasteiger partial charge in [0.05, 0.1) is 23.0 Å². The van der Waals surface area contributed by atoms with Crippen LogP contribution in [-0.4, -0.2) is 42.0 Å². The minimum absolute atomic E-state index is 0.134. The summed E-state index contributed by atoms with van der Waals surface area (Å²) in [7, 11) is 1.65. The number of aliphatic hydroxyl groups is 1. The Morgan fingerprint density at radius 1 is 1.16 bits per heavy atom. The van der Waals surface area contributed by atoms with E-state index < -0.39 is 18.1 Å². The van der Waals surface area contributed by atoms with Gasteiger partial charge in [0, 0.05) is 25.6 Å². The van der Waals surface area contributed by atoms with Gasteiger partial charge in [0.2, 0.25) is 0 Å². The monoisotopic (exact) mass is 586 g/mol. The minimum Gasteiger partial charge on any atom is -0.457 e. The number of hydrogen-bond donors (Lipinski definition) is 2. The minimum atomic E-state index is -3.09. The number of fused-ring (bicyclic) bond motifs is 1. The van der Waals surface area contributed by atoms with Gasteiger partial charge in [-0.3, -0.25) is 9.48 Å². The summed E-state index contributed by atoms with van der Waals surface area (Å²) in [6.45, 7) is -3.09. The Hall–Kier alpha value is -4.84. The summed E-state index contributed by atoms with van der Waals surface area (Å²) >= 11 is 0. The summed E-state index contributed by atoms with van der Waals surface area (Å²) in [5, 5.41) is 22.5. The number of halogens is 2. The van der Waals surface area contributed by atoms with Crippen molar-refractivity contribution < 1.29 is 28.2 Å². The second kappa shape index (κ2) is 10.5. The van der Waals surface area contributed by atoms with Gasteiger partial charge in [-0.1, -0.05) is 6.07 Å². The summed E-state index contributed by atoms with van der Waals surface area (Å²) in [5.74, 6) is 0.705. The summed E-state index contributed by atoms with van der Waals surface area (Å²) < 4.78 is 40.9. The number of carbonyl (C=O) groups excluding carboxylic acids is 1. The number of ether oxygens (including phenoxy) is 2. The molecular weight excluding hydrogens is 558 g/mol. The molecule has 0 saturated heterocycles. The van der Waals surface area contributed by atoms with Crippen LogP contribution in [0.4, 0.5) is 14.5 Å². The van der Waals surface area contributed by atoms with E-state index in [1.165, 1.54) is 27.5 Å². The molecule has 7 rings (SSSR count). The zero-order valence-electron chi connectivity index (χ0n) is 23.2. The molecular formula is C31H28F2N6O4. The normalized spacial score (nSPS) is 15.8. The van der Waals surface area contributed by atoms with Crippen LogP contribution in [-0.2, 0) is 12.6 Å². The first-order chi connectivity index (χ1) is 20.8. The first kappa shape index (κ1) is 27.0. The number of anilines is 1. The van der Waals surface area contributed by atoms with Crippen molar-refractivity contribution >= 4 is 17.2 Å². The molecule has 0 spiro atoms. The van der Waals surface area contributed by atoms with Gasteiger partial charge in [-0.2, -0.15) is 19.0 Å². The summed E-state index contributed by atoms with van der Waals surface area (Å²) in [5.41, 5.74) is 2.35. The van der Waals surface area contributed by atoms with Gasteiger partial charge in [0.15, 0.2) is 5.65 Å². The standard InChI is InChI=1S/C31H28F2N6O4/c1-38-17-25(36-29(40)24-16-35-39-11-3-10-34-28(24)39)27(37-38)23-15-21(6-7-26(23)43-30(32)33)42-22-13-19(18-4-5-18)12-20(14-22)31(41)8-2-9-31/h3,6-7,10-18,30,41H,2,4-5,8-9H2,1H3,(H,36,40). The fourth-order valence-electron chi connectivity index (χ4n) is 5.45. The lowest BCUT2D eigenvalue weighted by molar-refractivity contribution is -0.0495. The summed E-state index contributed by atoms with van der Waals surface area (Å²) in [6, 6.07) is 12.0. The third-order valence-corrected chi connectivity index (χ3v) is 7.95. The maximum atomic E-state index is 13.4. The molecule has 2 aromatic carbocycles. The van der Waals surface area contributed by atoms with Crippen molar-refractivity contribution in [2.45, 2.75) is 50.2 Å². The highest BCUT2D eigenvalue weighted by atomic mass is 19.3. The van der Waals surface area contributed by atoms with Crippen LogP contribution in [0.1, 0.15) is 59.5 Å². The molecule has 2 N–H and O–H groups in total. The molecule has 3 aromatic heterocycles. The Morgan fingerprint density at radius 3 is 2.74 bits per heavy atom. The Morgan fingerprint density at radius 2 is 2.00 bits per heavy atom. The fraction of sp³-hybridized carbons (Fsp3) is 0.290. The average Bonchev–Trinajstić information content (AvgIpc) is 3.63. The number of nitrogens with zero attached hydrogens (tertiary/aromatic N) is 5. The number of aryl methyl sites for hydroxylation is 1. The van der Waals surface area contributed by atoms with Crippen LogP contribution in [0.3, 0.4) is 0 Å². The molecule has 0 aliphatic heterocycles. The van der Waals surface area contributed by atoms with Crippen LogP contribution in [0.5, 0.6) is 17.2 Å². The first-order valence-corrected chi connectivity index (χ1v) is 14.0. The van der Waals surface area contributed by atoms with Gasteiger partial charge < -0.3 is 19.9 Å².